The first kappa shape index (κ1) is 19.4. The van der Waals surface area contributed by atoms with Gasteiger partial charge >= 0.3 is 0 Å². The summed E-state index contributed by atoms with van der Waals surface area (Å²) in [6.45, 7) is 1.95. The Morgan fingerprint density at radius 3 is 2.62 bits per heavy atom. The Hall–Kier alpha value is -2.87. The molecule has 0 saturated heterocycles. The first-order chi connectivity index (χ1) is 14.1. The van der Waals surface area contributed by atoms with E-state index in [0.717, 1.165) is 15.4 Å². The van der Waals surface area contributed by atoms with Crippen molar-refractivity contribution in [3.63, 3.8) is 0 Å². The Labute approximate surface area is 174 Å². The highest BCUT2D eigenvalue weighted by molar-refractivity contribution is 9.10. The van der Waals surface area contributed by atoms with Crippen LogP contribution in [0.1, 0.15) is 6.92 Å². The predicted octanol–water partition coefficient (Wildman–Crippen LogP) is 5.59. The molecule has 0 aliphatic carbocycles. The van der Waals surface area contributed by atoms with E-state index in [1.54, 1.807) is 6.20 Å². The van der Waals surface area contributed by atoms with Crippen molar-refractivity contribution in [2.75, 3.05) is 6.61 Å². The van der Waals surface area contributed by atoms with Gasteiger partial charge in [0.25, 0.3) is 6.43 Å². The maximum Gasteiger partial charge on any atom is 0.257 e. The summed E-state index contributed by atoms with van der Waals surface area (Å²) in [5.74, 6) is 0.682. The monoisotopic (exact) mass is 458 g/mol. The van der Waals surface area contributed by atoms with E-state index in [1.807, 2.05) is 49.4 Å². The van der Waals surface area contributed by atoms with Gasteiger partial charge in [-0.3, -0.25) is 4.68 Å². The number of fused-ring (bicyclic) bond motifs is 1. The average Bonchev–Trinajstić information content (AvgIpc) is 3.12. The molecule has 5 nitrogen and oxygen atoms in total. The summed E-state index contributed by atoms with van der Waals surface area (Å²) in [4.78, 5) is 8.81. The fourth-order valence-electron chi connectivity index (χ4n) is 3.18. The Kier molecular flexibility index (Phi) is 5.53. The molecule has 4 aromatic rings. The van der Waals surface area contributed by atoms with Gasteiger partial charge in [-0.15, -0.1) is 0 Å². The maximum atomic E-state index is 13.0. The number of rotatable bonds is 6. The van der Waals surface area contributed by atoms with Gasteiger partial charge in [0.1, 0.15) is 24.3 Å². The Bertz CT molecular complexity index is 1150. The standard InChI is InChI=1S/C21H17BrF2N4O/c1-2-29-18-9-17-14(8-16(18)22)21(26-12-25-17)15-10-28(11-19(23)24)27-20(15)13-6-4-3-5-7-13/h3-10,12,19H,2,11H2,1H3. The van der Waals surface area contributed by atoms with Gasteiger partial charge in [-0.2, -0.15) is 5.10 Å². The largest absolute Gasteiger partial charge is 0.493 e. The highest BCUT2D eigenvalue weighted by atomic mass is 79.9. The Morgan fingerprint density at radius 1 is 1.10 bits per heavy atom. The number of nitrogens with zero attached hydrogens (tertiary/aromatic N) is 4. The topological polar surface area (TPSA) is 52.8 Å². The van der Waals surface area contributed by atoms with Crippen molar-refractivity contribution in [1.82, 2.24) is 19.7 Å². The molecule has 29 heavy (non-hydrogen) atoms. The zero-order chi connectivity index (χ0) is 20.4. The van der Waals surface area contributed by atoms with Crippen molar-refractivity contribution in [2.45, 2.75) is 19.9 Å². The van der Waals surface area contributed by atoms with Crippen LogP contribution in [-0.2, 0) is 6.54 Å². The van der Waals surface area contributed by atoms with E-state index in [1.165, 1.54) is 11.0 Å². The number of hydrogen-bond donors (Lipinski definition) is 0. The van der Waals surface area contributed by atoms with Gasteiger partial charge in [-0.1, -0.05) is 30.3 Å². The number of halogens is 3. The van der Waals surface area contributed by atoms with Crippen molar-refractivity contribution in [2.24, 2.45) is 0 Å². The van der Waals surface area contributed by atoms with Crippen LogP contribution in [0.15, 0.2) is 59.5 Å². The van der Waals surface area contributed by atoms with Gasteiger partial charge in [0.2, 0.25) is 0 Å². The maximum absolute atomic E-state index is 13.0. The van der Waals surface area contributed by atoms with Crippen LogP contribution in [0.2, 0.25) is 0 Å². The molecule has 0 N–H and O–H groups in total. The number of hydrogen-bond acceptors (Lipinski definition) is 4. The molecule has 2 aromatic carbocycles. The van der Waals surface area contributed by atoms with Gasteiger partial charge in [-0.25, -0.2) is 18.7 Å². The van der Waals surface area contributed by atoms with Crippen LogP contribution in [0, 0.1) is 0 Å². The molecular formula is C21H17BrF2N4O. The second-order valence-electron chi connectivity index (χ2n) is 6.33. The Balaban J connectivity index is 1.93. The van der Waals surface area contributed by atoms with E-state index in [-0.39, 0.29) is 0 Å². The van der Waals surface area contributed by atoms with Crippen molar-refractivity contribution in [1.29, 1.82) is 0 Å². The van der Waals surface area contributed by atoms with E-state index in [9.17, 15) is 8.78 Å². The van der Waals surface area contributed by atoms with E-state index in [2.05, 4.69) is 31.0 Å². The zero-order valence-corrected chi connectivity index (χ0v) is 17.1. The SMILES string of the molecule is CCOc1cc2ncnc(-c3cn(CC(F)F)nc3-c3ccccc3)c2cc1Br. The van der Waals surface area contributed by atoms with Crippen LogP contribution in [-0.4, -0.2) is 32.8 Å². The smallest absolute Gasteiger partial charge is 0.257 e. The number of benzene rings is 2. The molecule has 0 fully saturated rings. The summed E-state index contributed by atoms with van der Waals surface area (Å²) in [5.41, 5.74) is 3.41. The molecule has 0 radical (unpaired) electrons. The second-order valence-corrected chi connectivity index (χ2v) is 7.18. The molecule has 0 saturated carbocycles. The summed E-state index contributed by atoms with van der Waals surface area (Å²) in [6, 6.07) is 13.2. The third-order valence-electron chi connectivity index (χ3n) is 4.38. The molecule has 0 amide bonds. The minimum Gasteiger partial charge on any atom is -0.493 e. The number of ether oxygens (including phenoxy) is 1. The Morgan fingerprint density at radius 2 is 1.90 bits per heavy atom. The predicted molar refractivity (Wildman–Crippen MR) is 111 cm³/mol. The van der Waals surface area contributed by atoms with Gasteiger partial charge < -0.3 is 4.74 Å². The summed E-state index contributed by atoms with van der Waals surface area (Å²) >= 11 is 3.53. The lowest BCUT2D eigenvalue weighted by Crippen LogP contribution is -2.06. The van der Waals surface area contributed by atoms with Crippen molar-refractivity contribution in [3.05, 3.63) is 59.5 Å². The zero-order valence-electron chi connectivity index (χ0n) is 15.5. The highest BCUT2D eigenvalue weighted by Crippen LogP contribution is 2.37. The lowest BCUT2D eigenvalue weighted by Gasteiger charge is -2.10. The number of alkyl halides is 2. The van der Waals surface area contributed by atoms with E-state index in [0.29, 0.717) is 34.8 Å². The molecule has 0 aliphatic rings. The van der Waals surface area contributed by atoms with Gasteiger partial charge in [0, 0.05) is 28.8 Å². The van der Waals surface area contributed by atoms with E-state index in [4.69, 9.17) is 4.74 Å². The van der Waals surface area contributed by atoms with Crippen molar-refractivity contribution in [3.8, 4) is 28.3 Å². The third kappa shape index (κ3) is 3.98. The summed E-state index contributed by atoms with van der Waals surface area (Å²) in [5, 5.41) is 5.19. The van der Waals surface area contributed by atoms with Gasteiger partial charge in [0.15, 0.2) is 0 Å². The van der Waals surface area contributed by atoms with E-state index < -0.39 is 13.0 Å². The van der Waals surface area contributed by atoms with Crippen molar-refractivity contribution >= 4 is 26.8 Å². The summed E-state index contributed by atoms with van der Waals surface area (Å²) in [7, 11) is 0. The molecule has 2 heterocycles. The molecule has 0 atom stereocenters. The third-order valence-corrected chi connectivity index (χ3v) is 5.00. The fourth-order valence-corrected chi connectivity index (χ4v) is 3.63. The number of aromatic nitrogens is 4. The molecule has 148 valence electrons. The first-order valence-corrected chi connectivity index (χ1v) is 9.84. The molecule has 0 bridgehead atoms. The summed E-state index contributed by atoms with van der Waals surface area (Å²) < 4.78 is 33.6. The van der Waals surface area contributed by atoms with Crippen LogP contribution in [0.4, 0.5) is 8.78 Å². The first-order valence-electron chi connectivity index (χ1n) is 9.05. The van der Waals surface area contributed by atoms with Crippen LogP contribution in [0.3, 0.4) is 0 Å². The average molecular weight is 459 g/mol. The fraction of sp³-hybridized carbons (Fsp3) is 0.190. The van der Waals surface area contributed by atoms with Gasteiger partial charge in [0.05, 0.1) is 22.3 Å². The molecule has 0 unspecified atom stereocenters. The normalized spacial score (nSPS) is 11.3. The van der Waals surface area contributed by atoms with Crippen LogP contribution >= 0.6 is 15.9 Å². The molecular weight excluding hydrogens is 442 g/mol. The second kappa shape index (κ2) is 8.24. The quantitative estimate of drug-likeness (QED) is 0.378. The van der Waals surface area contributed by atoms with Crippen LogP contribution < -0.4 is 4.74 Å². The minimum atomic E-state index is -2.50. The van der Waals surface area contributed by atoms with Crippen LogP contribution in [0.25, 0.3) is 33.4 Å². The summed E-state index contributed by atoms with van der Waals surface area (Å²) in [6.07, 6.45) is 0.567. The van der Waals surface area contributed by atoms with Crippen molar-refractivity contribution < 1.29 is 13.5 Å². The molecule has 4 rings (SSSR count). The van der Waals surface area contributed by atoms with Gasteiger partial charge in [-0.05, 0) is 28.9 Å². The lowest BCUT2D eigenvalue weighted by atomic mass is 10.0. The molecule has 0 spiro atoms. The highest BCUT2D eigenvalue weighted by Gasteiger charge is 2.19. The molecule has 0 aliphatic heterocycles. The molecule has 2 aromatic heterocycles. The van der Waals surface area contributed by atoms with E-state index >= 15 is 0 Å². The van der Waals surface area contributed by atoms with Crippen LogP contribution in [0.5, 0.6) is 5.75 Å². The lowest BCUT2D eigenvalue weighted by molar-refractivity contribution is 0.122. The molecule has 8 heteroatoms. The minimum absolute atomic E-state index is 0.485.